The molecule has 0 aliphatic carbocycles. The van der Waals surface area contributed by atoms with Crippen LogP contribution in [0.25, 0.3) is 0 Å². The van der Waals surface area contributed by atoms with E-state index in [2.05, 4.69) is 15.4 Å². The Morgan fingerprint density at radius 2 is 1.94 bits per heavy atom. The first-order valence-corrected chi connectivity index (χ1v) is 5.85. The molecule has 0 saturated carbocycles. The summed E-state index contributed by atoms with van der Waals surface area (Å²) in [4.78, 5) is 16.2. The molecule has 1 heterocycles. The van der Waals surface area contributed by atoms with Gasteiger partial charge in [-0.2, -0.15) is 19.9 Å². The normalized spacial score (nSPS) is 9.00. The molecular formula is C10H8ClN3O2S. The second kappa shape index (κ2) is 7.62. The number of benzene rings is 1. The van der Waals surface area contributed by atoms with E-state index in [1.165, 1.54) is 5.56 Å². The average molecular weight is 270 g/mol. The summed E-state index contributed by atoms with van der Waals surface area (Å²) in [6, 6.07) is 7.80. The predicted octanol–water partition coefficient (Wildman–Crippen LogP) is 2.17. The molecule has 0 bridgehead atoms. The number of nitrogens with one attached hydrogen (secondary N) is 1. The first kappa shape index (κ1) is 13.4. The zero-order valence-corrected chi connectivity index (χ0v) is 10.2. The molecule has 0 unspecified atom stereocenters. The maximum absolute atomic E-state index is 8.12. The zero-order chi connectivity index (χ0) is 12.5. The van der Waals surface area contributed by atoms with Crippen molar-refractivity contribution < 1.29 is 9.59 Å². The summed E-state index contributed by atoms with van der Waals surface area (Å²) in [5, 5.41) is 11.9. The third-order valence-electron chi connectivity index (χ3n) is 1.69. The van der Waals surface area contributed by atoms with Crippen LogP contribution in [-0.2, 0) is 15.3 Å². The van der Waals surface area contributed by atoms with Gasteiger partial charge < -0.3 is 0 Å². The Morgan fingerprint density at radius 1 is 1.29 bits per heavy atom. The van der Waals surface area contributed by atoms with Crippen LogP contribution in [0, 0.1) is 0 Å². The van der Waals surface area contributed by atoms with Gasteiger partial charge in [0.05, 0.1) is 6.20 Å². The monoisotopic (exact) mass is 269 g/mol. The van der Waals surface area contributed by atoms with Crippen LogP contribution in [-0.4, -0.2) is 21.6 Å². The largest absolute Gasteiger partial charge is 0.373 e. The molecule has 2 rings (SSSR count). The average Bonchev–Trinajstić information content (AvgIpc) is 2.82. The Hall–Kier alpha value is -1.62. The SMILES string of the molecule is Clc1ccc(CSc2cn[nH]n2)cc1.O=C=O. The summed E-state index contributed by atoms with van der Waals surface area (Å²) in [5.41, 5.74) is 1.22. The predicted molar refractivity (Wildman–Crippen MR) is 62.4 cm³/mol. The van der Waals surface area contributed by atoms with E-state index in [0.29, 0.717) is 0 Å². The molecule has 0 amide bonds. The summed E-state index contributed by atoms with van der Waals surface area (Å²) >= 11 is 7.42. The summed E-state index contributed by atoms with van der Waals surface area (Å²) in [6.07, 6.45) is 1.96. The van der Waals surface area contributed by atoms with Crippen LogP contribution in [0.4, 0.5) is 0 Å². The fourth-order valence-electron chi connectivity index (χ4n) is 0.999. The molecule has 1 N–H and O–H groups in total. The van der Waals surface area contributed by atoms with Crippen molar-refractivity contribution >= 4 is 29.5 Å². The van der Waals surface area contributed by atoms with Crippen molar-refractivity contribution in [1.29, 1.82) is 0 Å². The lowest BCUT2D eigenvalue weighted by molar-refractivity contribution is -0.191. The molecule has 0 radical (unpaired) electrons. The van der Waals surface area contributed by atoms with Gasteiger partial charge in [0, 0.05) is 10.8 Å². The van der Waals surface area contributed by atoms with Gasteiger partial charge in [0.2, 0.25) is 0 Å². The Kier molecular flexibility index (Phi) is 6.03. The van der Waals surface area contributed by atoms with Crippen LogP contribution in [0.3, 0.4) is 0 Å². The number of hydrogen-bond acceptors (Lipinski definition) is 5. The summed E-state index contributed by atoms with van der Waals surface area (Å²) in [6.45, 7) is 0. The lowest BCUT2D eigenvalue weighted by atomic mass is 10.2. The van der Waals surface area contributed by atoms with E-state index in [0.717, 1.165) is 15.8 Å². The molecule has 5 nitrogen and oxygen atoms in total. The minimum absolute atomic E-state index is 0.250. The van der Waals surface area contributed by atoms with E-state index < -0.39 is 0 Å². The number of rotatable bonds is 3. The molecule has 0 saturated heterocycles. The molecule has 0 spiro atoms. The maximum atomic E-state index is 8.12. The highest BCUT2D eigenvalue weighted by molar-refractivity contribution is 7.98. The van der Waals surface area contributed by atoms with Crippen molar-refractivity contribution in [1.82, 2.24) is 15.4 Å². The number of nitrogens with zero attached hydrogens (tertiary/aromatic N) is 2. The van der Waals surface area contributed by atoms with Crippen LogP contribution in [0.15, 0.2) is 35.5 Å². The van der Waals surface area contributed by atoms with Crippen molar-refractivity contribution in [2.45, 2.75) is 10.8 Å². The van der Waals surface area contributed by atoms with Gasteiger partial charge >= 0.3 is 6.15 Å². The van der Waals surface area contributed by atoms with E-state index in [1.807, 2.05) is 24.3 Å². The molecule has 1 aromatic heterocycles. The topological polar surface area (TPSA) is 75.7 Å². The van der Waals surface area contributed by atoms with Gasteiger partial charge in [-0.3, -0.25) is 0 Å². The van der Waals surface area contributed by atoms with Crippen molar-refractivity contribution in [3.8, 4) is 0 Å². The number of hydrogen-bond donors (Lipinski definition) is 1. The Labute approximate surface area is 107 Å². The highest BCUT2D eigenvalue weighted by Crippen LogP contribution is 2.20. The van der Waals surface area contributed by atoms with Crippen molar-refractivity contribution in [3.05, 3.63) is 41.0 Å². The quantitative estimate of drug-likeness (QED) is 0.864. The van der Waals surface area contributed by atoms with Crippen LogP contribution in [0.2, 0.25) is 5.02 Å². The number of aromatic amines is 1. The Balaban J connectivity index is 0.000000437. The first-order chi connectivity index (χ1) is 8.26. The van der Waals surface area contributed by atoms with E-state index in [-0.39, 0.29) is 6.15 Å². The molecule has 2 aromatic rings. The molecule has 0 aliphatic heterocycles. The van der Waals surface area contributed by atoms with Crippen molar-refractivity contribution in [3.63, 3.8) is 0 Å². The third-order valence-corrected chi connectivity index (χ3v) is 2.92. The van der Waals surface area contributed by atoms with Crippen LogP contribution < -0.4 is 0 Å². The van der Waals surface area contributed by atoms with Gasteiger partial charge in [-0.25, -0.2) is 0 Å². The summed E-state index contributed by atoms with van der Waals surface area (Å²) < 4.78 is 0. The number of halogens is 1. The molecule has 17 heavy (non-hydrogen) atoms. The fourth-order valence-corrected chi connectivity index (χ4v) is 1.86. The molecule has 88 valence electrons. The molecule has 0 fully saturated rings. The fraction of sp³-hybridized carbons (Fsp3) is 0.100. The second-order valence-electron chi connectivity index (χ2n) is 2.81. The number of H-pyrrole nitrogens is 1. The third kappa shape index (κ3) is 5.31. The standard InChI is InChI=1S/C9H8ClN3S.CO2/c10-8-3-1-7(2-4-8)6-14-9-5-11-13-12-9;2-1-3/h1-5H,6H2,(H,11,12,13);. The molecular weight excluding hydrogens is 262 g/mol. The molecule has 0 atom stereocenters. The van der Waals surface area contributed by atoms with Crippen LogP contribution >= 0.6 is 23.4 Å². The molecule has 0 aliphatic rings. The van der Waals surface area contributed by atoms with Gasteiger partial charge in [0.1, 0.15) is 5.03 Å². The van der Waals surface area contributed by atoms with E-state index in [9.17, 15) is 0 Å². The minimum Gasteiger partial charge on any atom is -0.197 e. The van der Waals surface area contributed by atoms with Crippen molar-refractivity contribution in [2.24, 2.45) is 0 Å². The van der Waals surface area contributed by atoms with E-state index in [1.54, 1.807) is 18.0 Å². The minimum atomic E-state index is 0.250. The number of carbonyl (C=O) groups excluding carboxylic acids is 2. The van der Waals surface area contributed by atoms with Gasteiger partial charge in [0.25, 0.3) is 0 Å². The van der Waals surface area contributed by atoms with Crippen LogP contribution in [0.1, 0.15) is 5.56 Å². The summed E-state index contributed by atoms with van der Waals surface area (Å²) in [7, 11) is 0. The Morgan fingerprint density at radius 3 is 2.47 bits per heavy atom. The van der Waals surface area contributed by atoms with Crippen LogP contribution in [0.5, 0.6) is 0 Å². The highest BCUT2D eigenvalue weighted by Gasteiger charge is 1.98. The van der Waals surface area contributed by atoms with E-state index in [4.69, 9.17) is 21.2 Å². The van der Waals surface area contributed by atoms with Gasteiger partial charge in [-0.1, -0.05) is 35.5 Å². The second-order valence-corrected chi connectivity index (χ2v) is 4.24. The van der Waals surface area contributed by atoms with Gasteiger partial charge in [-0.05, 0) is 17.7 Å². The number of thioether (sulfide) groups is 1. The molecule has 7 heteroatoms. The number of aromatic nitrogens is 3. The van der Waals surface area contributed by atoms with Crippen molar-refractivity contribution in [2.75, 3.05) is 0 Å². The van der Waals surface area contributed by atoms with E-state index >= 15 is 0 Å². The summed E-state index contributed by atoms with van der Waals surface area (Å²) in [5.74, 6) is 0.879. The lowest BCUT2D eigenvalue weighted by Crippen LogP contribution is -1.79. The lowest BCUT2D eigenvalue weighted by Gasteiger charge is -1.98. The van der Waals surface area contributed by atoms with Gasteiger partial charge in [0.15, 0.2) is 0 Å². The highest BCUT2D eigenvalue weighted by atomic mass is 35.5. The first-order valence-electron chi connectivity index (χ1n) is 4.48. The Bertz CT molecular complexity index is 467. The maximum Gasteiger partial charge on any atom is 0.373 e. The van der Waals surface area contributed by atoms with Gasteiger partial charge in [-0.15, -0.1) is 5.10 Å². The smallest absolute Gasteiger partial charge is 0.197 e. The molecule has 1 aromatic carbocycles. The zero-order valence-electron chi connectivity index (χ0n) is 8.59.